The van der Waals surface area contributed by atoms with E-state index >= 15 is 0 Å². The van der Waals surface area contributed by atoms with E-state index in [2.05, 4.69) is 10.3 Å². The minimum absolute atomic E-state index is 0.0290. The average Bonchev–Trinajstić information content (AvgIpc) is 2.46. The number of halogens is 1. The van der Waals surface area contributed by atoms with Crippen LogP contribution in [0, 0.1) is 0 Å². The predicted molar refractivity (Wildman–Crippen MR) is 80.6 cm³/mol. The van der Waals surface area contributed by atoms with Crippen LogP contribution in [-0.2, 0) is 11.2 Å². The lowest BCUT2D eigenvalue weighted by atomic mass is 10.1. The van der Waals surface area contributed by atoms with Crippen LogP contribution in [0.25, 0.3) is 0 Å². The van der Waals surface area contributed by atoms with Gasteiger partial charge in [0.1, 0.15) is 0 Å². The van der Waals surface area contributed by atoms with E-state index < -0.39 is 0 Å². The molecule has 20 heavy (non-hydrogen) atoms. The Bertz CT molecular complexity index is 572. The standard InChI is InChI=1S/C16H17ClN2O/c1-12(14-5-2-6-15(17)10-14)19-16(20)8-7-13-4-3-9-18-11-13/h2-6,9-12H,7-8H2,1H3,(H,19,20)/t12-/m1/s1. The summed E-state index contributed by atoms with van der Waals surface area (Å²) in [6.07, 6.45) is 4.66. The molecule has 0 spiro atoms. The predicted octanol–water partition coefficient (Wildman–Crippen LogP) is 3.55. The van der Waals surface area contributed by atoms with E-state index in [1.807, 2.05) is 43.3 Å². The van der Waals surface area contributed by atoms with Gasteiger partial charge in [-0.15, -0.1) is 0 Å². The van der Waals surface area contributed by atoms with Gasteiger partial charge < -0.3 is 5.32 Å². The van der Waals surface area contributed by atoms with Crippen LogP contribution in [0.4, 0.5) is 0 Å². The first-order chi connectivity index (χ1) is 9.65. The van der Waals surface area contributed by atoms with Gasteiger partial charge in [0, 0.05) is 23.8 Å². The number of nitrogens with one attached hydrogen (secondary N) is 1. The van der Waals surface area contributed by atoms with Gasteiger partial charge in [0.05, 0.1) is 6.04 Å². The number of amides is 1. The van der Waals surface area contributed by atoms with Gasteiger partial charge in [-0.05, 0) is 42.7 Å². The number of hydrogen-bond acceptors (Lipinski definition) is 2. The number of nitrogens with zero attached hydrogens (tertiary/aromatic N) is 1. The molecule has 0 unspecified atom stereocenters. The Morgan fingerprint density at radius 1 is 1.35 bits per heavy atom. The van der Waals surface area contributed by atoms with E-state index in [0.29, 0.717) is 17.9 Å². The lowest BCUT2D eigenvalue weighted by Gasteiger charge is -2.14. The number of aryl methyl sites for hydroxylation is 1. The highest BCUT2D eigenvalue weighted by Crippen LogP contribution is 2.17. The molecule has 1 amide bonds. The molecule has 0 aliphatic heterocycles. The summed E-state index contributed by atoms with van der Waals surface area (Å²) in [4.78, 5) is 16.0. The zero-order valence-corrected chi connectivity index (χ0v) is 12.1. The van der Waals surface area contributed by atoms with E-state index in [-0.39, 0.29) is 11.9 Å². The molecule has 0 radical (unpaired) electrons. The highest BCUT2D eigenvalue weighted by molar-refractivity contribution is 6.30. The summed E-state index contributed by atoms with van der Waals surface area (Å²) < 4.78 is 0. The molecule has 0 aliphatic rings. The van der Waals surface area contributed by atoms with Crippen molar-refractivity contribution in [1.82, 2.24) is 10.3 Å². The van der Waals surface area contributed by atoms with Crippen LogP contribution < -0.4 is 5.32 Å². The van der Waals surface area contributed by atoms with Gasteiger partial charge in [0.2, 0.25) is 5.91 Å². The average molecular weight is 289 g/mol. The van der Waals surface area contributed by atoms with Gasteiger partial charge in [0.15, 0.2) is 0 Å². The van der Waals surface area contributed by atoms with Gasteiger partial charge in [-0.2, -0.15) is 0 Å². The highest BCUT2D eigenvalue weighted by Gasteiger charge is 2.09. The molecule has 0 bridgehead atoms. The highest BCUT2D eigenvalue weighted by atomic mass is 35.5. The molecule has 1 heterocycles. The summed E-state index contributed by atoms with van der Waals surface area (Å²) in [6, 6.07) is 11.3. The first kappa shape index (κ1) is 14.5. The summed E-state index contributed by atoms with van der Waals surface area (Å²) in [5, 5.41) is 3.66. The fourth-order valence-corrected chi connectivity index (χ4v) is 2.18. The largest absolute Gasteiger partial charge is 0.350 e. The third kappa shape index (κ3) is 4.35. The van der Waals surface area contributed by atoms with Crippen molar-refractivity contribution in [3.8, 4) is 0 Å². The third-order valence-corrected chi connectivity index (χ3v) is 3.32. The van der Waals surface area contributed by atoms with Gasteiger partial charge in [-0.3, -0.25) is 9.78 Å². The monoisotopic (exact) mass is 288 g/mol. The molecule has 0 saturated carbocycles. The van der Waals surface area contributed by atoms with Crippen LogP contribution in [0.3, 0.4) is 0 Å². The maximum absolute atomic E-state index is 11.9. The van der Waals surface area contributed by atoms with Crippen LogP contribution in [0.15, 0.2) is 48.8 Å². The Balaban J connectivity index is 1.85. The molecular formula is C16H17ClN2O. The number of pyridine rings is 1. The molecule has 4 heteroatoms. The zero-order chi connectivity index (χ0) is 14.4. The Kier molecular flexibility index (Phi) is 5.13. The summed E-state index contributed by atoms with van der Waals surface area (Å²) in [6.45, 7) is 1.95. The van der Waals surface area contributed by atoms with Crippen LogP contribution in [0.5, 0.6) is 0 Å². The Morgan fingerprint density at radius 3 is 2.90 bits per heavy atom. The van der Waals surface area contributed by atoms with Crippen LogP contribution >= 0.6 is 11.6 Å². The summed E-state index contributed by atoms with van der Waals surface area (Å²) in [7, 11) is 0. The molecule has 3 nitrogen and oxygen atoms in total. The van der Waals surface area contributed by atoms with Crippen molar-refractivity contribution in [2.75, 3.05) is 0 Å². The normalized spacial score (nSPS) is 11.9. The molecule has 2 rings (SSSR count). The number of hydrogen-bond donors (Lipinski definition) is 1. The smallest absolute Gasteiger partial charge is 0.220 e. The Morgan fingerprint density at radius 2 is 2.20 bits per heavy atom. The second-order valence-electron chi connectivity index (χ2n) is 4.71. The molecule has 1 aromatic carbocycles. The number of aromatic nitrogens is 1. The lowest BCUT2D eigenvalue weighted by Crippen LogP contribution is -2.26. The van der Waals surface area contributed by atoms with Crippen molar-refractivity contribution in [2.45, 2.75) is 25.8 Å². The fourth-order valence-electron chi connectivity index (χ4n) is 1.98. The number of carbonyl (C=O) groups is 1. The van der Waals surface area contributed by atoms with Gasteiger partial charge in [-0.1, -0.05) is 29.8 Å². The van der Waals surface area contributed by atoms with Crippen LogP contribution in [0.2, 0.25) is 5.02 Å². The SMILES string of the molecule is C[C@@H](NC(=O)CCc1cccnc1)c1cccc(Cl)c1. The molecule has 0 saturated heterocycles. The second kappa shape index (κ2) is 7.06. The van der Waals surface area contributed by atoms with Crippen molar-refractivity contribution in [2.24, 2.45) is 0 Å². The molecule has 0 aliphatic carbocycles. The number of carbonyl (C=O) groups excluding carboxylic acids is 1. The summed E-state index contributed by atoms with van der Waals surface area (Å²) in [5.74, 6) is 0.0290. The fraction of sp³-hybridized carbons (Fsp3) is 0.250. The first-order valence-electron chi connectivity index (χ1n) is 6.59. The molecule has 104 valence electrons. The van der Waals surface area contributed by atoms with Gasteiger partial charge in [-0.25, -0.2) is 0 Å². The topological polar surface area (TPSA) is 42.0 Å². The van der Waals surface area contributed by atoms with Crippen molar-refractivity contribution in [1.29, 1.82) is 0 Å². The molecule has 1 aromatic heterocycles. The zero-order valence-electron chi connectivity index (χ0n) is 11.3. The minimum Gasteiger partial charge on any atom is -0.350 e. The van der Waals surface area contributed by atoms with E-state index in [9.17, 15) is 4.79 Å². The third-order valence-electron chi connectivity index (χ3n) is 3.09. The molecular weight excluding hydrogens is 272 g/mol. The van der Waals surface area contributed by atoms with Crippen molar-refractivity contribution in [3.05, 3.63) is 64.9 Å². The van der Waals surface area contributed by atoms with E-state index in [1.54, 1.807) is 12.4 Å². The van der Waals surface area contributed by atoms with E-state index in [1.165, 1.54) is 0 Å². The quantitative estimate of drug-likeness (QED) is 0.914. The summed E-state index contributed by atoms with van der Waals surface area (Å²) in [5.41, 5.74) is 2.07. The summed E-state index contributed by atoms with van der Waals surface area (Å²) >= 11 is 5.95. The molecule has 0 fully saturated rings. The van der Waals surface area contributed by atoms with E-state index in [4.69, 9.17) is 11.6 Å². The molecule has 2 aromatic rings. The number of benzene rings is 1. The van der Waals surface area contributed by atoms with Gasteiger partial charge >= 0.3 is 0 Å². The maximum Gasteiger partial charge on any atom is 0.220 e. The van der Waals surface area contributed by atoms with Crippen LogP contribution in [-0.4, -0.2) is 10.9 Å². The second-order valence-corrected chi connectivity index (χ2v) is 5.14. The molecule has 1 atom stereocenters. The van der Waals surface area contributed by atoms with Crippen LogP contribution in [0.1, 0.15) is 30.5 Å². The van der Waals surface area contributed by atoms with Gasteiger partial charge in [0.25, 0.3) is 0 Å². The Hall–Kier alpha value is -1.87. The van der Waals surface area contributed by atoms with Crippen molar-refractivity contribution >= 4 is 17.5 Å². The van der Waals surface area contributed by atoms with E-state index in [0.717, 1.165) is 11.1 Å². The number of rotatable bonds is 5. The maximum atomic E-state index is 11.9. The minimum atomic E-state index is -0.0462. The first-order valence-corrected chi connectivity index (χ1v) is 6.96. The Labute approximate surface area is 124 Å². The molecule has 1 N–H and O–H groups in total. The van der Waals surface area contributed by atoms with Crippen molar-refractivity contribution < 1.29 is 4.79 Å². The lowest BCUT2D eigenvalue weighted by molar-refractivity contribution is -0.121. The van der Waals surface area contributed by atoms with Crippen molar-refractivity contribution in [3.63, 3.8) is 0 Å².